The van der Waals surface area contributed by atoms with Crippen molar-refractivity contribution in [2.45, 2.75) is 27.2 Å². The zero-order chi connectivity index (χ0) is 10.6. The number of hydrogen-bond acceptors (Lipinski definition) is 1. The van der Waals surface area contributed by atoms with Gasteiger partial charge in [-0.3, -0.25) is 0 Å². The average molecular weight is 190 g/mol. The Labute approximate surface area is 86.1 Å². The van der Waals surface area contributed by atoms with Gasteiger partial charge in [-0.25, -0.2) is 0 Å². The minimum atomic E-state index is 0.678. The summed E-state index contributed by atoms with van der Waals surface area (Å²) >= 11 is 0. The molecule has 1 aromatic heterocycles. The zero-order valence-corrected chi connectivity index (χ0v) is 9.21. The molecule has 0 spiro atoms. The summed E-state index contributed by atoms with van der Waals surface area (Å²) in [5.74, 6) is 0.678. The molecule has 14 heavy (non-hydrogen) atoms. The first-order valence-corrected chi connectivity index (χ1v) is 5.01. The number of aryl methyl sites for hydroxylation is 1. The van der Waals surface area contributed by atoms with E-state index in [-0.39, 0.29) is 0 Å². The van der Waals surface area contributed by atoms with E-state index in [2.05, 4.69) is 26.5 Å². The van der Waals surface area contributed by atoms with Gasteiger partial charge in [0, 0.05) is 5.56 Å². The fourth-order valence-corrected chi connectivity index (χ4v) is 1.32. The van der Waals surface area contributed by atoms with Crippen molar-refractivity contribution in [1.82, 2.24) is 0 Å². The summed E-state index contributed by atoms with van der Waals surface area (Å²) in [7, 11) is 0. The van der Waals surface area contributed by atoms with E-state index in [0.29, 0.717) is 5.92 Å². The van der Waals surface area contributed by atoms with E-state index >= 15 is 0 Å². The molecule has 0 aliphatic heterocycles. The quantitative estimate of drug-likeness (QED) is 0.648. The van der Waals surface area contributed by atoms with Crippen molar-refractivity contribution >= 4 is 5.57 Å². The standard InChI is InChI=1S/C13H18O/c1-5-12(7-6-10(2)3)13-9-14-8-11(13)4/h5,7-10H,1,6H2,2-4H3/b12-7+. The van der Waals surface area contributed by atoms with Crippen LogP contribution in [0.4, 0.5) is 0 Å². The van der Waals surface area contributed by atoms with Crippen molar-refractivity contribution in [2.24, 2.45) is 5.92 Å². The number of furan rings is 1. The van der Waals surface area contributed by atoms with Crippen LogP contribution in [0, 0.1) is 12.8 Å². The van der Waals surface area contributed by atoms with Crippen molar-refractivity contribution in [1.29, 1.82) is 0 Å². The lowest BCUT2D eigenvalue weighted by molar-refractivity contribution is 0.565. The van der Waals surface area contributed by atoms with Crippen molar-refractivity contribution in [3.63, 3.8) is 0 Å². The van der Waals surface area contributed by atoms with E-state index in [4.69, 9.17) is 4.42 Å². The van der Waals surface area contributed by atoms with Crippen LogP contribution in [0.3, 0.4) is 0 Å². The highest BCUT2D eigenvalue weighted by atomic mass is 16.3. The van der Waals surface area contributed by atoms with Gasteiger partial charge in [0.1, 0.15) is 0 Å². The minimum absolute atomic E-state index is 0.678. The lowest BCUT2D eigenvalue weighted by Crippen LogP contribution is -1.85. The summed E-state index contributed by atoms with van der Waals surface area (Å²) in [5, 5.41) is 0. The zero-order valence-electron chi connectivity index (χ0n) is 9.21. The molecule has 0 amide bonds. The molecule has 0 aliphatic carbocycles. The molecule has 1 rings (SSSR count). The average Bonchev–Trinajstić information content (AvgIpc) is 2.53. The van der Waals surface area contributed by atoms with Gasteiger partial charge in [0.05, 0.1) is 12.5 Å². The molecule has 0 aliphatic rings. The van der Waals surface area contributed by atoms with Gasteiger partial charge in [-0.1, -0.05) is 32.6 Å². The number of rotatable bonds is 4. The van der Waals surface area contributed by atoms with E-state index in [1.165, 1.54) is 11.1 Å². The van der Waals surface area contributed by atoms with Crippen LogP contribution in [0.15, 0.2) is 35.7 Å². The fraction of sp³-hybridized carbons (Fsp3) is 0.385. The van der Waals surface area contributed by atoms with Crippen molar-refractivity contribution in [2.75, 3.05) is 0 Å². The van der Waals surface area contributed by atoms with E-state index in [9.17, 15) is 0 Å². The van der Waals surface area contributed by atoms with Crippen molar-refractivity contribution in [3.05, 3.63) is 42.4 Å². The van der Waals surface area contributed by atoms with Crippen LogP contribution < -0.4 is 0 Å². The first kappa shape index (κ1) is 10.8. The van der Waals surface area contributed by atoms with Crippen molar-refractivity contribution < 1.29 is 4.42 Å². The SMILES string of the molecule is C=C/C(=C\CC(C)C)c1cocc1C. The Kier molecular flexibility index (Phi) is 3.75. The molecule has 0 saturated carbocycles. The molecular formula is C13H18O. The summed E-state index contributed by atoms with van der Waals surface area (Å²) in [6.45, 7) is 10.3. The molecule has 0 atom stereocenters. The highest BCUT2D eigenvalue weighted by molar-refractivity contribution is 5.74. The molecular weight excluding hydrogens is 172 g/mol. The van der Waals surface area contributed by atoms with Crippen LogP contribution in [0.25, 0.3) is 5.57 Å². The van der Waals surface area contributed by atoms with Crippen LogP contribution >= 0.6 is 0 Å². The van der Waals surface area contributed by atoms with Gasteiger partial charge in [-0.15, -0.1) is 0 Å². The van der Waals surface area contributed by atoms with Crippen LogP contribution in [0.2, 0.25) is 0 Å². The Hall–Kier alpha value is -1.24. The maximum absolute atomic E-state index is 5.15. The van der Waals surface area contributed by atoms with E-state index in [1.54, 1.807) is 12.5 Å². The molecule has 0 saturated heterocycles. The van der Waals surface area contributed by atoms with Gasteiger partial charge >= 0.3 is 0 Å². The van der Waals surface area contributed by atoms with E-state index < -0.39 is 0 Å². The lowest BCUT2D eigenvalue weighted by atomic mass is 10.0. The van der Waals surface area contributed by atoms with E-state index in [0.717, 1.165) is 12.0 Å². The van der Waals surface area contributed by atoms with Crippen LogP contribution in [0.1, 0.15) is 31.4 Å². The second kappa shape index (κ2) is 4.85. The second-order valence-corrected chi connectivity index (χ2v) is 3.96. The monoisotopic (exact) mass is 190 g/mol. The molecule has 0 radical (unpaired) electrons. The highest BCUT2D eigenvalue weighted by Gasteiger charge is 2.03. The minimum Gasteiger partial charge on any atom is -0.472 e. The Morgan fingerprint density at radius 1 is 1.50 bits per heavy atom. The molecule has 1 nitrogen and oxygen atoms in total. The summed E-state index contributed by atoms with van der Waals surface area (Å²) < 4.78 is 5.15. The molecule has 0 unspecified atom stereocenters. The van der Waals surface area contributed by atoms with Gasteiger partial charge in [0.25, 0.3) is 0 Å². The molecule has 1 heterocycles. The third kappa shape index (κ3) is 2.63. The maximum atomic E-state index is 5.15. The topological polar surface area (TPSA) is 13.1 Å². The fourth-order valence-electron chi connectivity index (χ4n) is 1.32. The summed E-state index contributed by atoms with van der Waals surface area (Å²) in [6, 6.07) is 0. The Balaban J connectivity index is 2.87. The number of hydrogen-bond donors (Lipinski definition) is 0. The largest absolute Gasteiger partial charge is 0.472 e. The molecule has 1 aromatic rings. The molecule has 0 bridgehead atoms. The van der Waals surface area contributed by atoms with Gasteiger partial charge in [0.2, 0.25) is 0 Å². The maximum Gasteiger partial charge on any atom is 0.0983 e. The van der Waals surface area contributed by atoms with E-state index in [1.807, 2.05) is 13.0 Å². The molecule has 1 heteroatoms. The number of allylic oxidation sites excluding steroid dienone is 3. The predicted octanol–water partition coefficient (Wildman–Crippen LogP) is 4.20. The summed E-state index contributed by atoms with van der Waals surface area (Å²) in [4.78, 5) is 0. The molecule has 0 N–H and O–H groups in total. The lowest BCUT2D eigenvalue weighted by Gasteiger charge is -2.02. The Morgan fingerprint density at radius 3 is 2.64 bits per heavy atom. The molecule has 76 valence electrons. The Morgan fingerprint density at radius 2 is 2.21 bits per heavy atom. The first-order chi connectivity index (χ1) is 6.65. The third-order valence-corrected chi connectivity index (χ3v) is 2.20. The van der Waals surface area contributed by atoms with Gasteiger partial charge in [-0.05, 0) is 30.4 Å². The van der Waals surface area contributed by atoms with Crippen LogP contribution in [-0.2, 0) is 0 Å². The Bertz CT molecular complexity index is 329. The van der Waals surface area contributed by atoms with Crippen LogP contribution in [0.5, 0.6) is 0 Å². The second-order valence-electron chi connectivity index (χ2n) is 3.96. The van der Waals surface area contributed by atoms with Crippen molar-refractivity contribution in [3.8, 4) is 0 Å². The smallest absolute Gasteiger partial charge is 0.0983 e. The summed E-state index contributed by atoms with van der Waals surface area (Å²) in [6.07, 6.45) is 8.73. The summed E-state index contributed by atoms with van der Waals surface area (Å²) in [5.41, 5.74) is 3.49. The molecule has 0 aromatic carbocycles. The normalized spacial score (nSPS) is 12.1. The highest BCUT2D eigenvalue weighted by Crippen LogP contribution is 2.22. The predicted molar refractivity (Wildman–Crippen MR) is 61.1 cm³/mol. The van der Waals surface area contributed by atoms with Gasteiger partial charge in [-0.2, -0.15) is 0 Å². The van der Waals surface area contributed by atoms with Gasteiger partial charge in [0.15, 0.2) is 0 Å². The van der Waals surface area contributed by atoms with Gasteiger partial charge < -0.3 is 4.42 Å². The third-order valence-electron chi connectivity index (χ3n) is 2.20. The van der Waals surface area contributed by atoms with Crippen LogP contribution in [-0.4, -0.2) is 0 Å². The molecule has 0 fully saturated rings. The first-order valence-electron chi connectivity index (χ1n) is 5.01.